The van der Waals surface area contributed by atoms with Crippen molar-refractivity contribution in [1.29, 1.82) is 0 Å². The molecule has 6 rings (SSSR count). The molecule has 10 heteroatoms. The van der Waals surface area contributed by atoms with E-state index in [-0.39, 0.29) is 11.3 Å². The van der Waals surface area contributed by atoms with Crippen molar-refractivity contribution in [1.82, 2.24) is 15.2 Å². The second-order valence-corrected chi connectivity index (χ2v) is 9.42. The number of carbonyl (C=O) groups is 4. The number of aromatic amines is 1. The summed E-state index contributed by atoms with van der Waals surface area (Å²) < 4.78 is 5.32. The fourth-order valence-electron chi connectivity index (χ4n) is 5.54. The number of methoxy groups -OCH3 is 1. The third-order valence-corrected chi connectivity index (χ3v) is 7.27. The summed E-state index contributed by atoms with van der Waals surface area (Å²) in [6.07, 6.45) is 0.306. The highest BCUT2D eigenvalue weighted by Gasteiger charge is 2.53. The van der Waals surface area contributed by atoms with Crippen molar-refractivity contribution in [2.24, 2.45) is 0 Å². The molecule has 0 aliphatic carbocycles. The molecule has 1 aromatic heterocycles. The van der Waals surface area contributed by atoms with Crippen LogP contribution in [-0.4, -0.2) is 58.5 Å². The van der Waals surface area contributed by atoms with E-state index in [1.807, 2.05) is 48.5 Å². The molecule has 3 N–H and O–H groups in total. The Labute approximate surface area is 222 Å². The van der Waals surface area contributed by atoms with Gasteiger partial charge in [0.25, 0.3) is 11.8 Å². The van der Waals surface area contributed by atoms with Gasteiger partial charge in [-0.1, -0.05) is 42.5 Å². The van der Waals surface area contributed by atoms with Crippen LogP contribution < -0.4 is 15.0 Å². The van der Waals surface area contributed by atoms with E-state index in [4.69, 9.17) is 9.84 Å². The predicted octanol–water partition coefficient (Wildman–Crippen LogP) is 3.47. The van der Waals surface area contributed by atoms with Gasteiger partial charge in [-0.3, -0.25) is 19.3 Å². The van der Waals surface area contributed by atoms with Gasteiger partial charge in [-0.05, 0) is 41.5 Å². The first-order valence-electron chi connectivity index (χ1n) is 12.4. The van der Waals surface area contributed by atoms with Gasteiger partial charge in [0.15, 0.2) is 0 Å². The summed E-state index contributed by atoms with van der Waals surface area (Å²) in [5.41, 5.74) is 3.64. The quantitative estimate of drug-likeness (QED) is 0.331. The maximum absolute atomic E-state index is 14.1. The van der Waals surface area contributed by atoms with Crippen molar-refractivity contribution in [2.45, 2.75) is 18.5 Å². The second kappa shape index (κ2) is 9.32. The van der Waals surface area contributed by atoms with Gasteiger partial charge in [-0.2, -0.15) is 0 Å². The van der Waals surface area contributed by atoms with E-state index in [2.05, 4.69) is 10.3 Å². The summed E-state index contributed by atoms with van der Waals surface area (Å²) in [5.74, 6) is -1.69. The Morgan fingerprint density at radius 3 is 2.49 bits per heavy atom. The van der Waals surface area contributed by atoms with Gasteiger partial charge in [-0.25, -0.2) is 9.69 Å². The summed E-state index contributed by atoms with van der Waals surface area (Å²) in [6.45, 7) is -0.592. The van der Waals surface area contributed by atoms with Crippen molar-refractivity contribution < 1.29 is 29.0 Å². The second-order valence-electron chi connectivity index (χ2n) is 9.42. The van der Waals surface area contributed by atoms with Crippen LogP contribution in [0, 0.1) is 0 Å². The lowest BCUT2D eigenvalue weighted by Crippen LogP contribution is -2.44. The summed E-state index contributed by atoms with van der Waals surface area (Å²) in [6, 6.07) is 19.4. The summed E-state index contributed by atoms with van der Waals surface area (Å²) in [4.78, 5) is 57.9. The molecule has 0 radical (unpaired) electrons. The van der Waals surface area contributed by atoms with Gasteiger partial charge in [0, 0.05) is 23.0 Å². The van der Waals surface area contributed by atoms with Crippen molar-refractivity contribution in [2.75, 3.05) is 18.6 Å². The van der Waals surface area contributed by atoms with Gasteiger partial charge in [0.05, 0.1) is 18.4 Å². The van der Waals surface area contributed by atoms with Crippen molar-refractivity contribution >= 4 is 40.4 Å². The maximum atomic E-state index is 14.1. The number of carbonyl (C=O) groups excluding carboxylic acids is 3. The summed E-state index contributed by atoms with van der Waals surface area (Å²) >= 11 is 0. The molecule has 0 saturated carbocycles. The average Bonchev–Trinajstić information content (AvgIpc) is 3.44. The molecule has 1 saturated heterocycles. The number of carboxylic acids is 1. The molecule has 10 nitrogen and oxygen atoms in total. The number of imide groups is 1. The third kappa shape index (κ3) is 3.88. The van der Waals surface area contributed by atoms with Crippen LogP contribution in [0.4, 0.5) is 10.5 Å². The zero-order chi connectivity index (χ0) is 27.3. The van der Waals surface area contributed by atoms with E-state index in [1.165, 1.54) is 12.1 Å². The lowest BCUT2D eigenvalue weighted by atomic mass is 9.89. The number of hydrogen-bond donors (Lipinski definition) is 3. The first-order valence-corrected chi connectivity index (χ1v) is 12.4. The molecule has 2 atom stereocenters. The van der Waals surface area contributed by atoms with Gasteiger partial charge >= 0.3 is 12.0 Å². The molecule has 0 spiro atoms. The molecule has 2 aliphatic rings. The number of anilines is 1. The zero-order valence-electron chi connectivity index (χ0n) is 20.9. The van der Waals surface area contributed by atoms with Gasteiger partial charge in [0.2, 0.25) is 0 Å². The topological polar surface area (TPSA) is 132 Å². The number of amides is 4. The van der Waals surface area contributed by atoms with E-state index in [1.54, 1.807) is 24.1 Å². The third-order valence-electron chi connectivity index (χ3n) is 7.27. The highest BCUT2D eigenvalue weighted by atomic mass is 16.5. The number of urea groups is 1. The van der Waals surface area contributed by atoms with Crippen molar-refractivity contribution in [3.05, 3.63) is 95.2 Å². The number of carboxylic acid groups (broad SMARTS) is 1. The number of ether oxygens (including phenoxy) is 1. The lowest BCUT2D eigenvalue weighted by molar-refractivity contribution is -0.135. The van der Waals surface area contributed by atoms with Crippen LogP contribution in [0.25, 0.3) is 10.9 Å². The minimum Gasteiger partial charge on any atom is -0.497 e. The molecule has 1 fully saturated rings. The Hall–Kier alpha value is -5.12. The SMILES string of the molecule is COc1ccc(C2c3[nH]c4ccccc4c3C[C@H]3C(=O)N(c4ccccc4C(=O)NCC(=O)O)C(=O)N23)cc1. The minimum absolute atomic E-state index is 0.0327. The number of H-pyrrole nitrogens is 1. The van der Waals surface area contributed by atoms with Crippen LogP contribution in [0.3, 0.4) is 0 Å². The van der Waals surface area contributed by atoms with Crippen LogP contribution in [0.2, 0.25) is 0 Å². The molecular weight excluding hydrogens is 500 g/mol. The normalized spacial score (nSPS) is 18.2. The number of benzene rings is 3. The van der Waals surface area contributed by atoms with E-state index < -0.39 is 42.4 Å². The highest BCUT2D eigenvalue weighted by Crippen LogP contribution is 2.45. The number of fused-ring (bicyclic) bond motifs is 4. The lowest BCUT2D eigenvalue weighted by Gasteiger charge is -2.36. The van der Waals surface area contributed by atoms with Crippen LogP contribution in [0.15, 0.2) is 72.8 Å². The van der Waals surface area contributed by atoms with Gasteiger partial charge in [0.1, 0.15) is 24.4 Å². The molecule has 2 aliphatic heterocycles. The van der Waals surface area contributed by atoms with E-state index >= 15 is 0 Å². The predicted molar refractivity (Wildman–Crippen MR) is 142 cm³/mol. The average molecular weight is 525 g/mol. The minimum atomic E-state index is -1.21. The molecule has 0 bridgehead atoms. The zero-order valence-corrected chi connectivity index (χ0v) is 20.9. The first kappa shape index (κ1) is 24.2. The summed E-state index contributed by atoms with van der Waals surface area (Å²) in [7, 11) is 1.58. The molecule has 3 heterocycles. The number of hydrogen-bond acceptors (Lipinski definition) is 5. The molecule has 4 amide bonds. The highest BCUT2D eigenvalue weighted by molar-refractivity contribution is 6.24. The molecular formula is C29H24N4O6. The Morgan fingerprint density at radius 2 is 1.74 bits per heavy atom. The van der Waals surface area contributed by atoms with Crippen molar-refractivity contribution in [3.8, 4) is 5.75 Å². The molecule has 4 aromatic rings. The van der Waals surface area contributed by atoms with Gasteiger partial charge in [-0.15, -0.1) is 0 Å². The molecule has 1 unspecified atom stereocenters. The number of para-hydroxylation sites is 2. The Bertz CT molecular complexity index is 1640. The monoisotopic (exact) mass is 524 g/mol. The van der Waals surface area contributed by atoms with Crippen LogP contribution in [0.5, 0.6) is 5.75 Å². The van der Waals surface area contributed by atoms with Crippen LogP contribution in [0.1, 0.15) is 33.2 Å². The molecule has 196 valence electrons. The number of nitrogens with one attached hydrogen (secondary N) is 2. The Balaban J connectivity index is 1.47. The fourth-order valence-corrected chi connectivity index (χ4v) is 5.54. The largest absolute Gasteiger partial charge is 0.497 e. The number of rotatable bonds is 6. The smallest absolute Gasteiger partial charge is 0.332 e. The van der Waals surface area contributed by atoms with E-state index in [0.717, 1.165) is 32.6 Å². The van der Waals surface area contributed by atoms with Crippen LogP contribution >= 0.6 is 0 Å². The maximum Gasteiger partial charge on any atom is 0.332 e. The summed E-state index contributed by atoms with van der Waals surface area (Å²) in [5, 5.41) is 12.3. The number of aliphatic carboxylic acids is 1. The van der Waals surface area contributed by atoms with E-state index in [9.17, 15) is 19.2 Å². The van der Waals surface area contributed by atoms with Gasteiger partial charge < -0.3 is 20.1 Å². The van der Waals surface area contributed by atoms with E-state index in [0.29, 0.717) is 12.2 Å². The number of aromatic nitrogens is 1. The molecule has 3 aromatic carbocycles. The number of nitrogens with zero attached hydrogens (tertiary/aromatic N) is 2. The standard InChI is InChI=1S/C29H24N4O6/c1-39-17-12-10-16(11-13-17)26-25-20(18-6-2-4-8-21(18)31-25)14-23-28(37)33(29(38)32(23)26)22-9-5-3-7-19(22)27(36)30-15-24(34)35/h2-13,23,26,31H,14-15H2,1H3,(H,30,36)(H,34,35)/t23-,26?/m0/s1. The van der Waals surface area contributed by atoms with Crippen molar-refractivity contribution in [3.63, 3.8) is 0 Å². The Morgan fingerprint density at radius 1 is 1.03 bits per heavy atom. The fraction of sp³-hybridized carbons (Fsp3) is 0.172. The molecule has 39 heavy (non-hydrogen) atoms. The van der Waals surface area contributed by atoms with Crippen LogP contribution in [-0.2, 0) is 16.0 Å². The Kier molecular flexibility index (Phi) is 5.79. The first-order chi connectivity index (χ1) is 18.9.